The molecule has 3 rings (SSSR count). The van der Waals surface area contributed by atoms with Crippen molar-refractivity contribution in [2.45, 2.75) is 6.54 Å². The van der Waals surface area contributed by atoms with E-state index in [0.29, 0.717) is 6.54 Å². The van der Waals surface area contributed by atoms with Crippen LogP contribution in [-0.4, -0.2) is 16.1 Å². The maximum absolute atomic E-state index is 12.0. The number of amides is 1. The van der Waals surface area contributed by atoms with E-state index in [1.807, 2.05) is 24.3 Å². The van der Waals surface area contributed by atoms with E-state index in [4.69, 9.17) is 0 Å². The van der Waals surface area contributed by atoms with Gasteiger partial charge < -0.3 is 0 Å². The normalized spacial score (nSPS) is 14.4. The topological polar surface area (TPSA) is 49.0 Å². The second-order valence-corrected chi connectivity index (χ2v) is 3.49. The molecule has 0 saturated carbocycles. The monoisotopic (exact) mass is 199 g/mol. The Balaban J connectivity index is 2.04. The molecule has 1 aliphatic heterocycles. The molecule has 1 N–H and O–H groups in total. The van der Waals surface area contributed by atoms with Crippen molar-refractivity contribution in [2.75, 3.05) is 4.90 Å². The first-order valence-corrected chi connectivity index (χ1v) is 4.75. The predicted octanol–water partition coefficient (Wildman–Crippen LogP) is 1.57. The Hall–Kier alpha value is -2.10. The van der Waals surface area contributed by atoms with Gasteiger partial charge in [0, 0.05) is 11.6 Å². The minimum absolute atomic E-state index is 0.0369. The molecule has 2 aromatic rings. The molecule has 4 heteroatoms. The Kier molecular flexibility index (Phi) is 1.62. The molecule has 1 amide bonds. The summed E-state index contributed by atoms with van der Waals surface area (Å²) in [4.78, 5) is 13.7. The minimum atomic E-state index is 0.0369. The fourth-order valence-electron chi connectivity index (χ4n) is 1.85. The van der Waals surface area contributed by atoms with Crippen LogP contribution in [0.2, 0.25) is 0 Å². The summed E-state index contributed by atoms with van der Waals surface area (Å²) in [7, 11) is 0. The average molecular weight is 199 g/mol. The molecular weight excluding hydrogens is 190 g/mol. The molecule has 1 aliphatic rings. The van der Waals surface area contributed by atoms with Crippen LogP contribution in [0.5, 0.6) is 0 Å². The van der Waals surface area contributed by atoms with Gasteiger partial charge in [0.15, 0.2) is 0 Å². The van der Waals surface area contributed by atoms with E-state index in [2.05, 4.69) is 10.2 Å². The van der Waals surface area contributed by atoms with Crippen molar-refractivity contribution in [3.63, 3.8) is 0 Å². The van der Waals surface area contributed by atoms with Gasteiger partial charge in [-0.3, -0.25) is 14.8 Å². The number of fused-ring (bicyclic) bond motifs is 1. The number of rotatable bonds is 1. The molecule has 0 bridgehead atoms. The predicted molar refractivity (Wildman–Crippen MR) is 55.5 cm³/mol. The van der Waals surface area contributed by atoms with Crippen molar-refractivity contribution in [2.24, 2.45) is 0 Å². The molecule has 0 unspecified atom stereocenters. The molecule has 2 heterocycles. The summed E-state index contributed by atoms with van der Waals surface area (Å²) >= 11 is 0. The highest BCUT2D eigenvalue weighted by Gasteiger charge is 2.28. The van der Waals surface area contributed by atoms with Crippen LogP contribution in [0.1, 0.15) is 15.9 Å². The van der Waals surface area contributed by atoms with E-state index >= 15 is 0 Å². The fraction of sp³-hybridized carbons (Fsp3) is 0.0909. The van der Waals surface area contributed by atoms with Crippen molar-refractivity contribution >= 4 is 11.7 Å². The Morgan fingerprint density at radius 2 is 2.13 bits per heavy atom. The number of carbonyl (C=O) groups excluding carboxylic acids is 1. The molecule has 0 atom stereocenters. The van der Waals surface area contributed by atoms with Crippen molar-refractivity contribution in [1.29, 1.82) is 0 Å². The quantitative estimate of drug-likeness (QED) is 0.757. The molecule has 0 spiro atoms. The van der Waals surface area contributed by atoms with Gasteiger partial charge in [-0.1, -0.05) is 18.2 Å². The van der Waals surface area contributed by atoms with Crippen LogP contribution < -0.4 is 4.90 Å². The molecule has 74 valence electrons. The smallest absolute Gasteiger partial charge is 0.260 e. The number of aromatic amines is 1. The van der Waals surface area contributed by atoms with Gasteiger partial charge in [-0.05, 0) is 11.6 Å². The van der Waals surface area contributed by atoms with Crippen molar-refractivity contribution in [3.8, 4) is 0 Å². The van der Waals surface area contributed by atoms with Gasteiger partial charge in [0.1, 0.15) is 5.82 Å². The summed E-state index contributed by atoms with van der Waals surface area (Å²) in [5.74, 6) is 0.783. The van der Waals surface area contributed by atoms with E-state index in [9.17, 15) is 4.79 Å². The first-order valence-electron chi connectivity index (χ1n) is 4.75. The number of hydrogen-bond acceptors (Lipinski definition) is 2. The van der Waals surface area contributed by atoms with Crippen molar-refractivity contribution < 1.29 is 4.79 Å². The van der Waals surface area contributed by atoms with Crippen LogP contribution in [0.15, 0.2) is 36.5 Å². The zero-order valence-electron chi connectivity index (χ0n) is 7.97. The third kappa shape index (κ3) is 1.15. The van der Waals surface area contributed by atoms with Gasteiger partial charge >= 0.3 is 0 Å². The Morgan fingerprint density at radius 3 is 2.87 bits per heavy atom. The van der Waals surface area contributed by atoms with Gasteiger partial charge in [0.25, 0.3) is 5.91 Å². The number of nitrogens with zero attached hydrogens (tertiary/aromatic N) is 2. The Labute approximate surface area is 86.5 Å². The Morgan fingerprint density at radius 1 is 1.27 bits per heavy atom. The van der Waals surface area contributed by atoms with Crippen molar-refractivity contribution in [1.82, 2.24) is 10.2 Å². The summed E-state index contributed by atoms with van der Waals surface area (Å²) in [6.45, 7) is 0.622. The number of H-pyrrole nitrogens is 1. The maximum Gasteiger partial charge on any atom is 0.260 e. The summed E-state index contributed by atoms with van der Waals surface area (Å²) in [6, 6.07) is 9.46. The number of carbonyl (C=O) groups is 1. The highest BCUT2D eigenvalue weighted by Crippen LogP contribution is 2.26. The largest absolute Gasteiger partial charge is 0.289 e. The SMILES string of the molecule is O=C1c2ccccc2CN1c1ccn[nH]1. The van der Waals surface area contributed by atoms with E-state index in [1.165, 1.54) is 0 Å². The number of aromatic nitrogens is 2. The molecule has 0 saturated heterocycles. The van der Waals surface area contributed by atoms with Gasteiger partial charge in [-0.2, -0.15) is 5.10 Å². The van der Waals surface area contributed by atoms with Crippen LogP contribution in [0, 0.1) is 0 Å². The van der Waals surface area contributed by atoms with E-state index in [0.717, 1.165) is 16.9 Å². The molecule has 4 nitrogen and oxygen atoms in total. The van der Waals surface area contributed by atoms with Crippen LogP contribution in [0.4, 0.5) is 5.82 Å². The van der Waals surface area contributed by atoms with Gasteiger partial charge in [0.2, 0.25) is 0 Å². The lowest BCUT2D eigenvalue weighted by atomic mass is 10.1. The standard InChI is InChI=1S/C11H9N3O/c15-11-9-4-2-1-3-8(9)7-14(11)10-5-6-12-13-10/h1-6H,7H2,(H,12,13). The van der Waals surface area contributed by atoms with Gasteiger partial charge in [0.05, 0.1) is 12.7 Å². The van der Waals surface area contributed by atoms with Gasteiger partial charge in [-0.25, -0.2) is 0 Å². The van der Waals surface area contributed by atoms with Crippen LogP contribution >= 0.6 is 0 Å². The molecular formula is C11H9N3O. The maximum atomic E-state index is 12.0. The summed E-state index contributed by atoms with van der Waals surface area (Å²) in [6.07, 6.45) is 1.64. The lowest BCUT2D eigenvalue weighted by Crippen LogP contribution is -2.23. The first-order chi connectivity index (χ1) is 7.36. The third-order valence-electron chi connectivity index (χ3n) is 2.60. The number of nitrogens with one attached hydrogen (secondary N) is 1. The highest BCUT2D eigenvalue weighted by molar-refractivity contribution is 6.09. The number of anilines is 1. The van der Waals surface area contributed by atoms with E-state index in [-0.39, 0.29) is 5.91 Å². The lowest BCUT2D eigenvalue weighted by Gasteiger charge is -2.11. The number of hydrogen-bond donors (Lipinski definition) is 1. The summed E-state index contributed by atoms with van der Waals surface area (Å²) < 4.78 is 0. The first kappa shape index (κ1) is 8.23. The van der Waals surface area contributed by atoms with Crippen molar-refractivity contribution in [3.05, 3.63) is 47.7 Å². The van der Waals surface area contributed by atoms with Crippen LogP contribution in [-0.2, 0) is 6.54 Å². The molecule has 0 fully saturated rings. The van der Waals surface area contributed by atoms with Crippen LogP contribution in [0.25, 0.3) is 0 Å². The summed E-state index contributed by atoms with van der Waals surface area (Å²) in [5.41, 5.74) is 1.85. The molecule has 0 aliphatic carbocycles. The highest BCUT2D eigenvalue weighted by atomic mass is 16.2. The number of benzene rings is 1. The second-order valence-electron chi connectivity index (χ2n) is 3.49. The zero-order chi connectivity index (χ0) is 10.3. The van der Waals surface area contributed by atoms with Crippen LogP contribution in [0.3, 0.4) is 0 Å². The average Bonchev–Trinajstić information content (AvgIpc) is 2.87. The van der Waals surface area contributed by atoms with E-state index in [1.54, 1.807) is 17.2 Å². The molecule has 15 heavy (non-hydrogen) atoms. The fourth-order valence-corrected chi connectivity index (χ4v) is 1.85. The third-order valence-corrected chi connectivity index (χ3v) is 2.60. The molecule has 0 radical (unpaired) electrons. The zero-order valence-corrected chi connectivity index (χ0v) is 7.97. The minimum Gasteiger partial charge on any atom is -0.289 e. The van der Waals surface area contributed by atoms with E-state index < -0.39 is 0 Å². The van der Waals surface area contributed by atoms with Gasteiger partial charge in [-0.15, -0.1) is 0 Å². The lowest BCUT2D eigenvalue weighted by molar-refractivity contribution is 0.0996. The summed E-state index contributed by atoms with van der Waals surface area (Å²) in [5, 5.41) is 6.64. The Bertz CT molecular complexity index is 504. The molecule has 1 aromatic heterocycles. The molecule has 1 aromatic carbocycles. The second kappa shape index (κ2) is 2.95.